The molecule has 0 aromatic carbocycles. The number of aromatic nitrogens is 3. The molecule has 1 radical (unpaired) electrons. The lowest BCUT2D eigenvalue weighted by molar-refractivity contribution is 0.599. The fourth-order valence-corrected chi connectivity index (χ4v) is 0.955. The highest BCUT2D eigenvalue weighted by molar-refractivity contribution is 5.30. The molecule has 0 aliphatic heterocycles. The van der Waals surface area contributed by atoms with Gasteiger partial charge in [0.05, 0.1) is 0 Å². The number of rotatable bonds is 1. The summed E-state index contributed by atoms with van der Waals surface area (Å²) in [5.41, 5.74) is 5.37. The largest absolute Gasteiger partial charge is 0.382 e. The molecule has 4 nitrogen and oxygen atoms in total. The SMILES string of the molecule is Nc1ccn(-c2ncc[c]c2F)n1. The Hall–Kier alpha value is -1.91. The van der Waals surface area contributed by atoms with Crippen molar-refractivity contribution in [3.05, 3.63) is 36.4 Å². The fraction of sp³-hybridized carbons (Fsp3) is 0. The average Bonchev–Trinajstić information content (AvgIpc) is 2.53. The Kier molecular flexibility index (Phi) is 1.70. The molecule has 0 unspecified atom stereocenters. The Morgan fingerprint density at radius 2 is 2.38 bits per heavy atom. The highest BCUT2D eigenvalue weighted by Gasteiger charge is 2.05. The van der Waals surface area contributed by atoms with Crippen molar-refractivity contribution in [1.29, 1.82) is 0 Å². The van der Waals surface area contributed by atoms with E-state index in [1.165, 1.54) is 23.1 Å². The van der Waals surface area contributed by atoms with Gasteiger partial charge in [0.1, 0.15) is 5.82 Å². The number of nitrogen functional groups attached to an aromatic ring is 1. The van der Waals surface area contributed by atoms with Gasteiger partial charge in [0.15, 0.2) is 11.6 Å². The molecule has 0 aliphatic rings. The first-order chi connectivity index (χ1) is 6.27. The van der Waals surface area contributed by atoms with Crippen molar-refractivity contribution in [3.63, 3.8) is 0 Å². The summed E-state index contributed by atoms with van der Waals surface area (Å²) in [5.74, 6) is -0.130. The standard InChI is InChI=1S/C8H6FN4/c9-6-2-1-4-11-8(6)13-5-3-7(10)12-13/h1,3-5H,(H2,10,12). The maximum atomic E-state index is 13.1. The number of nitrogens with zero attached hydrogens (tertiary/aromatic N) is 3. The first-order valence-corrected chi connectivity index (χ1v) is 3.61. The van der Waals surface area contributed by atoms with Crippen LogP contribution >= 0.6 is 0 Å². The van der Waals surface area contributed by atoms with Gasteiger partial charge in [-0.15, -0.1) is 5.10 Å². The second-order valence-electron chi connectivity index (χ2n) is 2.41. The molecule has 0 amide bonds. The zero-order valence-corrected chi connectivity index (χ0v) is 6.61. The van der Waals surface area contributed by atoms with Crippen molar-refractivity contribution < 1.29 is 4.39 Å². The van der Waals surface area contributed by atoms with Crippen molar-refractivity contribution in [2.75, 3.05) is 5.73 Å². The predicted molar refractivity (Wildman–Crippen MR) is 44.6 cm³/mol. The summed E-state index contributed by atoms with van der Waals surface area (Å²) in [5, 5.41) is 3.81. The van der Waals surface area contributed by atoms with Gasteiger partial charge in [-0.3, -0.25) is 0 Å². The first-order valence-electron chi connectivity index (χ1n) is 3.61. The summed E-state index contributed by atoms with van der Waals surface area (Å²) in [6, 6.07) is 5.33. The Bertz CT molecular complexity index is 424. The molecule has 2 heterocycles. The van der Waals surface area contributed by atoms with E-state index >= 15 is 0 Å². The van der Waals surface area contributed by atoms with Crippen LogP contribution in [-0.2, 0) is 0 Å². The number of hydrogen-bond donors (Lipinski definition) is 1. The lowest BCUT2D eigenvalue weighted by Crippen LogP contribution is -2.01. The van der Waals surface area contributed by atoms with E-state index in [9.17, 15) is 4.39 Å². The van der Waals surface area contributed by atoms with Crippen molar-refractivity contribution in [3.8, 4) is 5.82 Å². The lowest BCUT2D eigenvalue weighted by Gasteiger charge is -1.99. The van der Waals surface area contributed by atoms with E-state index in [2.05, 4.69) is 16.1 Å². The van der Waals surface area contributed by atoms with Crippen LogP contribution in [0.3, 0.4) is 0 Å². The third-order valence-electron chi connectivity index (χ3n) is 1.50. The molecule has 0 bridgehead atoms. The third kappa shape index (κ3) is 1.35. The normalized spacial score (nSPS) is 10.2. The minimum Gasteiger partial charge on any atom is -0.382 e. The van der Waals surface area contributed by atoms with E-state index in [4.69, 9.17) is 5.73 Å². The molecule has 65 valence electrons. The smallest absolute Gasteiger partial charge is 0.190 e. The van der Waals surface area contributed by atoms with E-state index < -0.39 is 5.82 Å². The summed E-state index contributed by atoms with van der Waals surface area (Å²) in [7, 11) is 0. The van der Waals surface area contributed by atoms with Gasteiger partial charge in [0.2, 0.25) is 0 Å². The van der Waals surface area contributed by atoms with Crippen LogP contribution in [0.5, 0.6) is 0 Å². The number of nitrogens with two attached hydrogens (primary N) is 1. The highest BCUT2D eigenvalue weighted by atomic mass is 19.1. The average molecular weight is 177 g/mol. The summed E-state index contributed by atoms with van der Waals surface area (Å²) in [6.45, 7) is 0. The van der Waals surface area contributed by atoms with E-state index in [-0.39, 0.29) is 5.82 Å². The van der Waals surface area contributed by atoms with Gasteiger partial charge in [-0.2, -0.15) is 0 Å². The van der Waals surface area contributed by atoms with Crippen molar-refractivity contribution in [2.24, 2.45) is 0 Å². The minimum atomic E-state index is -0.550. The van der Waals surface area contributed by atoms with Crippen molar-refractivity contribution in [1.82, 2.24) is 14.8 Å². The zero-order chi connectivity index (χ0) is 9.26. The number of anilines is 1. The Morgan fingerprint density at radius 1 is 1.54 bits per heavy atom. The molecule has 2 aromatic heterocycles. The molecule has 5 heteroatoms. The summed E-state index contributed by atoms with van der Waals surface area (Å²) in [4.78, 5) is 3.80. The molecule has 0 saturated heterocycles. The van der Waals surface area contributed by atoms with Crippen molar-refractivity contribution in [2.45, 2.75) is 0 Å². The van der Waals surface area contributed by atoms with E-state index in [0.717, 1.165) is 0 Å². The monoisotopic (exact) mass is 177 g/mol. The van der Waals surface area contributed by atoms with E-state index in [1.807, 2.05) is 0 Å². The molecule has 0 aliphatic carbocycles. The number of pyridine rings is 1. The molecule has 0 atom stereocenters. The van der Waals surface area contributed by atoms with Crippen LogP contribution in [0.25, 0.3) is 5.82 Å². The topological polar surface area (TPSA) is 56.7 Å². The minimum absolute atomic E-state index is 0.0965. The van der Waals surface area contributed by atoms with Crippen LogP contribution in [0, 0.1) is 11.9 Å². The van der Waals surface area contributed by atoms with Gasteiger partial charge in [0.25, 0.3) is 0 Å². The molecule has 13 heavy (non-hydrogen) atoms. The fourth-order valence-electron chi connectivity index (χ4n) is 0.955. The summed E-state index contributed by atoms with van der Waals surface area (Å²) >= 11 is 0. The van der Waals surface area contributed by atoms with Crippen LogP contribution in [0.4, 0.5) is 10.2 Å². The molecule has 0 saturated carbocycles. The van der Waals surface area contributed by atoms with Crippen LogP contribution in [0.15, 0.2) is 24.5 Å². The molecule has 0 spiro atoms. The number of hydrogen-bond acceptors (Lipinski definition) is 3. The van der Waals surface area contributed by atoms with Gasteiger partial charge in [-0.05, 0) is 6.07 Å². The second kappa shape index (κ2) is 2.85. The van der Waals surface area contributed by atoms with Gasteiger partial charge >= 0.3 is 0 Å². The maximum Gasteiger partial charge on any atom is 0.190 e. The van der Waals surface area contributed by atoms with Gasteiger partial charge in [-0.1, -0.05) is 0 Å². The van der Waals surface area contributed by atoms with Gasteiger partial charge < -0.3 is 5.73 Å². The summed E-state index contributed by atoms with van der Waals surface area (Å²) in [6.07, 6.45) is 2.98. The number of halogens is 1. The molecular weight excluding hydrogens is 171 g/mol. The molecule has 2 N–H and O–H groups in total. The zero-order valence-electron chi connectivity index (χ0n) is 6.61. The van der Waals surface area contributed by atoms with Crippen molar-refractivity contribution >= 4 is 5.82 Å². The quantitative estimate of drug-likeness (QED) is 0.700. The Morgan fingerprint density at radius 3 is 3.00 bits per heavy atom. The van der Waals surface area contributed by atoms with Crippen LogP contribution < -0.4 is 5.73 Å². The highest BCUT2D eigenvalue weighted by Crippen LogP contribution is 2.08. The first kappa shape index (κ1) is 7.72. The molecule has 2 aromatic rings. The molecule has 0 fully saturated rings. The molecule has 2 rings (SSSR count). The van der Waals surface area contributed by atoms with Crippen LogP contribution in [0.2, 0.25) is 0 Å². The van der Waals surface area contributed by atoms with Crippen LogP contribution in [-0.4, -0.2) is 14.8 Å². The molecular formula is C8H6FN4. The lowest BCUT2D eigenvalue weighted by atomic mass is 10.4. The Labute approximate surface area is 73.8 Å². The van der Waals surface area contributed by atoms with Gasteiger partial charge in [-0.25, -0.2) is 14.1 Å². The van der Waals surface area contributed by atoms with Crippen LogP contribution in [0.1, 0.15) is 0 Å². The third-order valence-corrected chi connectivity index (χ3v) is 1.50. The van der Waals surface area contributed by atoms with E-state index in [1.54, 1.807) is 6.07 Å². The predicted octanol–water partition coefficient (Wildman–Crippen LogP) is 0.789. The maximum absolute atomic E-state index is 13.1. The Balaban J connectivity index is 2.52. The second-order valence-corrected chi connectivity index (χ2v) is 2.41. The summed E-state index contributed by atoms with van der Waals surface area (Å²) < 4.78 is 14.3. The van der Waals surface area contributed by atoms with Gasteiger partial charge in [0, 0.05) is 24.5 Å². The van der Waals surface area contributed by atoms with E-state index in [0.29, 0.717) is 5.82 Å².